The van der Waals surface area contributed by atoms with E-state index in [-0.39, 0.29) is 19.0 Å². The maximum absolute atomic E-state index is 11.6. The number of hydrogen-bond acceptors (Lipinski definition) is 3. The predicted octanol–water partition coefficient (Wildman–Crippen LogP) is 1.21. The zero-order chi connectivity index (χ0) is 14.3. The summed E-state index contributed by atoms with van der Waals surface area (Å²) in [6.45, 7) is 3.10. The lowest BCUT2D eigenvalue weighted by atomic mass is 9.98. The van der Waals surface area contributed by atoms with Crippen molar-refractivity contribution >= 4 is 12.0 Å². The topological polar surface area (TPSA) is 87.7 Å². The molecule has 6 heteroatoms. The van der Waals surface area contributed by atoms with Gasteiger partial charge in [0.1, 0.15) is 0 Å². The second kappa shape index (κ2) is 7.99. The molecule has 3 unspecified atom stereocenters. The van der Waals surface area contributed by atoms with Gasteiger partial charge in [0.2, 0.25) is 0 Å². The van der Waals surface area contributed by atoms with Crippen LogP contribution in [0.3, 0.4) is 0 Å². The van der Waals surface area contributed by atoms with Gasteiger partial charge >= 0.3 is 12.0 Å². The second-order valence-electron chi connectivity index (χ2n) is 5.21. The van der Waals surface area contributed by atoms with Gasteiger partial charge in [-0.1, -0.05) is 19.8 Å². The summed E-state index contributed by atoms with van der Waals surface area (Å²) in [5.74, 6) is 0.288. The van der Waals surface area contributed by atoms with Gasteiger partial charge in [-0.3, -0.25) is 4.79 Å². The standard InChI is InChI=1S/C13H24N2O4/c1-9-4-3-5-10(9)7-14-13(18)15-8-11(19-2)6-12(16)17/h9-11H,3-8H2,1-2H3,(H,16,17)(H2,14,15,18). The van der Waals surface area contributed by atoms with Gasteiger partial charge in [-0.25, -0.2) is 4.79 Å². The van der Waals surface area contributed by atoms with Crippen LogP contribution < -0.4 is 10.6 Å². The molecule has 0 saturated heterocycles. The lowest BCUT2D eigenvalue weighted by molar-refractivity contribution is -0.139. The molecular weight excluding hydrogens is 248 g/mol. The molecule has 1 rings (SSSR count). The number of ether oxygens (including phenoxy) is 1. The molecule has 19 heavy (non-hydrogen) atoms. The lowest BCUT2D eigenvalue weighted by Gasteiger charge is -2.18. The molecule has 1 aliphatic carbocycles. The van der Waals surface area contributed by atoms with Crippen LogP contribution in [0.25, 0.3) is 0 Å². The number of hydrogen-bond donors (Lipinski definition) is 3. The number of carboxylic acids is 1. The van der Waals surface area contributed by atoms with E-state index in [9.17, 15) is 9.59 Å². The summed E-state index contributed by atoms with van der Waals surface area (Å²) >= 11 is 0. The zero-order valence-corrected chi connectivity index (χ0v) is 11.6. The van der Waals surface area contributed by atoms with Gasteiger partial charge in [0.25, 0.3) is 0 Å². The highest BCUT2D eigenvalue weighted by molar-refractivity contribution is 5.74. The SMILES string of the molecule is COC(CNC(=O)NCC1CCCC1C)CC(=O)O. The minimum absolute atomic E-state index is 0.115. The smallest absolute Gasteiger partial charge is 0.314 e. The molecule has 0 aromatic rings. The number of carboxylic acid groups (broad SMARTS) is 1. The quantitative estimate of drug-likeness (QED) is 0.650. The third kappa shape index (κ3) is 5.92. The molecule has 1 fully saturated rings. The van der Waals surface area contributed by atoms with Gasteiger partial charge in [0.05, 0.1) is 12.5 Å². The van der Waals surface area contributed by atoms with E-state index in [1.807, 2.05) is 0 Å². The zero-order valence-electron chi connectivity index (χ0n) is 11.6. The summed E-state index contributed by atoms with van der Waals surface area (Å²) in [7, 11) is 1.44. The molecule has 2 amide bonds. The maximum atomic E-state index is 11.6. The third-order valence-corrected chi connectivity index (χ3v) is 3.79. The molecular formula is C13H24N2O4. The van der Waals surface area contributed by atoms with Gasteiger partial charge in [0.15, 0.2) is 0 Å². The Morgan fingerprint density at radius 3 is 2.63 bits per heavy atom. The molecule has 3 N–H and O–H groups in total. The second-order valence-corrected chi connectivity index (χ2v) is 5.21. The molecule has 6 nitrogen and oxygen atoms in total. The summed E-state index contributed by atoms with van der Waals surface area (Å²) in [4.78, 5) is 22.1. The molecule has 0 spiro atoms. The third-order valence-electron chi connectivity index (χ3n) is 3.79. The van der Waals surface area contributed by atoms with Gasteiger partial charge in [-0.15, -0.1) is 0 Å². The van der Waals surface area contributed by atoms with Gasteiger partial charge < -0.3 is 20.5 Å². The van der Waals surface area contributed by atoms with Crippen molar-refractivity contribution in [2.24, 2.45) is 11.8 Å². The number of aliphatic carboxylic acids is 1. The van der Waals surface area contributed by atoms with Crippen molar-refractivity contribution in [3.63, 3.8) is 0 Å². The van der Waals surface area contributed by atoms with Crippen molar-refractivity contribution in [3.8, 4) is 0 Å². The highest BCUT2D eigenvalue weighted by Crippen LogP contribution is 2.30. The van der Waals surface area contributed by atoms with Crippen molar-refractivity contribution in [1.29, 1.82) is 0 Å². The number of amides is 2. The summed E-state index contributed by atoms with van der Waals surface area (Å²) in [6, 6.07) is -0.258. The van der Waals surface area contributed by atoms with Crippen molar-refractivity contribution in [2.75, 3.05) is 20.2 Å². The number of urea groups is 1. The molecule has 3 atom stereocenters. The van der Waals surface area contributed by atoms with Crippen LogP contribution in [0.2, 0.25) is 0 Å². The molecule has 1 saturated carbocycles. The van der Waals surface area contributed by atoms with E-state index in [0.717, 1.165) is 0 Å². The lowest BCUT2D eigenvalue weighted by Crippen LogP contribution is -2.42. The van der Waals surface area contributed by atoms with Crippen molar-refractivity contribution < 1.29 is 19.4 Å². The first kappa shape index (κ1) is 15.8. The summed E-state index contributed by atoms with van der Waals surface area (Å²) < 4.78 is 4.98. The van der Waals surface area contributed by atoms with Gasteiger partial charge in [-0.2, -0.15) is 0 Å². The summed E-state index contributed by atoms with van der Waals surface area (Å²) in [6.07, 6.45) is 3.03. The van der Waals surface area contributed by atoms with Crippen molar-refractivity contribution in [2.45, 2.75) is 38.7 Å². The Hall–Kier alpha value is -1.30. The Morgan fingerprint density at radius 2 is 2.11 bits per heavy atom. The first-order chi connectivity index (χ1) is 9.02. The molecule has 1 aliphatic rings. The first-order valence-corrected chi connectivity index (χ1v) is 6.79. The summed E-state index contributed by atoms with van der Waals surface area (Å²) in [5.41, 5.74) is 0. The maximum Gasteiger partial charge on any atom is 0.314 e. The fourth-order valence-corrected chi connectivity index (χ4v) is 2.45. The molecule has 0 aromatic heterocycles. The number of methoxy groups -OCH3 is 1. The van der Waals surface area contributed by atoms with Gasteiger partial charge in [-0.05, 0) is 18.3 Å². The van der Waals surface area contributed by atoms with Crippen LogP contribution in [0, 0.1) is 11.8 Å². The van der Waals surface area contributed by atoms with E-state index in [1.54, 1.807) is 0 Å². The van der Waals surface area contributed by atoms with Crippen molar-refractivity contribution in [3.05, 3.63) is 0 Å². The van der Waals surface area contributed by atoms with Crippen LogP contribution in [0.4, 0.5) is 4.79 Å². The molecule has 0 heterocycles. The van der Waals surface area contributed by atoms with Crippen LogP contribution in [0.5, 0.6) is 0 Å². The van der Waals surface area contributed by atoms with E-state index < -0.39 is 12.1 Å². The fraction of sp³-hybridized carbons (Fsp3) is 0.846. The minimum Gasteiger partial charge on any atom is -0.481 e. The van der Waals surface area contributed by atoms with Crippen LogP contribution in [-0.4, -0.2) is 43.4 Å². The predicted molar refractivity (Wildman–Crippen MR) is 71.0 cm³/mol. The van der Waals surface area contributed by atoms with Crippen molar-refractivity contribution in [1.82, 2.24) is 10.6 Å². The van der Waals surface area contributed by atoms with E-state index in [1.165, 1.54) is 26.4 Å². The van der Waals surface area contributed by atoms with Crippen LogP contribution >= 0.6 is 0 Å². The monoisotopic (exact) mass is 272 g/mol. The average molecular weight is 272 g/mol. The van der Waals surface area contributed by atoms with Crippen LogP contribution in [0.15, 0.2) is 0 Å². The summed E-state index contributed by atoms with van der Waals surface area (Å²) in [5, 5.41) is 14.1. The minimum atomic E-state index is -0.936. The Morgan fingerprint density at radius 1 is 1.37 bits per heavy atom. The van der Waals surface area contributed by atoms with E-state index in [0.29, 0.717) is 18.4 Å². The molecule has 0 aliphatic heterocycles. The Balaban J connectivity index is 2.17. The highest BCUT2D eigenvalue weighted by atomic mass is 16.5. The van der Waals surface area contributed by atoms with Crippen LogP contribution in [0.1, 0.15) is 32.6 Å². The first-order valence-electron chi connectivity index (χ1n) is 6.79. The molecule has 110 valence electrons. The number of carbonyl (C=O) groups excluding carboxylic acids is 1. The Bertz CT molecular complexity index is 309. The number of nitrogens with one attached hydrogen (secondary N) is 2. The largest absolute Gasteiger partial charge is 0.481 e. The Labute approximate surface area is 113 Å². The molecule has 0 bridgehead atoms. The van der Waals surface area contributed by atoms with E-state index >= 15 is 0 Å². The number of carbonyl (C=O) groups is 2. The normalized spacial score (nSPS) is 23.9. The van der Waals surface area contributed by atoms with E-state index in [4.69, 9.17) is 9.84 Å². The molecule has 0 radical (unpaired) electrons. The fourth-order valence-electron chi connectivity index (χ4n) is 2.45. The van der Waals surface area contributed by atoms with Crippen LogP contribution in [-0.2, 0) is 9.53 Å². The van der Waals surface area contributed by atoms with E-state index in [2.05, 4.69) is 17.6 Å². The Kier molecular flexibility index (Phi) is 6.62. The molecule has 0 aromatic carbocycles. The average Bonchev–Trinajstić information content (AvgIpc) is 2.77. The van der Waals surface area contributed by atoms with Gasteiger partial charge in [0, 0.05) is 20.2 Å². The number of rotatable bonds is 7. The highest BCUT2D eigenvalue weighted by Gasteiger charge is 2.23.